The zero-order valence-corrected chi connectivity index (χ0v) is 17.5. The van der Waals surface area contributed by atoms with Crippen molar-refractivity contribution in [2.24, 2.45) is 0 Å². The van der Waals surface area contributed by atoms with Crippen LogP contribution < -0.4 is 9.64 Å². The number of ether oxygens (including phenoxy) is 1. The summed E-state index contributed by atoms with van der Waals surface area (Å²) >= 11 is 6.78. The Kier molecular flexibility index (Phi) is 5.79. The molecule has 0 bridgehead atoms. The maximum atomic E-state index is 12.9. The second kappa shape index (κ2) is 8.64. The highest BCUT2D eigenvalue weighted by molar-refractivity contribution is 8.27. The van der Waals surface area contributed by atoms with Crippen molar-refractivity contribution in [2.45, 2.75) is 13.5 Å². The molecule has 5 heteroatoms. The molecule has 4 rings (SSSR count). The summed E-state index contributed by atoms with van der Waals surface area (Å²) in [5.41, 5.74) is 3.90. The molecule has 0 spiro atoms. The number of carbonyl (C=O) groups excluding carboxylic acids is 1. The molecular formula is C24H19NO2S2. The quantitative estimate of drug-likeness (QED) is 0.377. The van der Waals surface area contributed by atoms with Gasteiger partial charge < -0.3 is 4.74 Å². The minimum atomic E-state index is -0.0961. The van der Waals surface area contributed by atoms with Crippen molar-refractivity contribution in [1.29, 1.82) is 0 Å². The van der Waals surface area contributed by atoms with Crippen LogP contribution in [0.15, 0.2) is 83.8 Å². The molecule has 1 amide bonds. The first-order valence-corrected chi connectivity index (χ1v) is 10.4. The van der Waals surface area contributed by atoms with Crippen molar-refractivity contribution in [3.8, 4) is 5.75 Å². The largest absolute Gasteiger partial charge is 0.489 e. The van der Waals surface area contributed by atoms with E-state index >= 15 is 0 Å². The van der Waals surface area contributed by atoms with Crippen LogP contribution in [0.3, 0.4) is 0 Å². The van der Waals surface area contributed by atoms with Crippen LogP contribution in [0.5, 0.6) is 5.75 Å². The van der Waals surface area contributed by atoms with Crippen LogP contribution in [0.25, 0.3) is 6.08 Å². The van der Waals surface area contributed by atoms with Crippen LogP contribution in [0.1, 0.15) is 16.7 Å². The van der Waals surface area contributed by atoms with E-state index in [0.29, 0.717) is 15.8 Å². The summed E-state index contributed by atoms with van der Waals surface area (Å²) in [5, 5.41) is 0. The van der Waals surface area contributed by atoms with Crippen molar-refractivity contribution in [3.05, 3.63) is 100 Å². The predicted molar refractivity (Wildman–Crippen MR) is 124 cm³/mol. The van der Waals surface area contributed by atoms with Gasteiger partial charge in [0.1, 0.15) is 12.4 Å². The second-order valence-corrected chi connectivity index (χ2v) is 8.38. The number of thioether (sulfide) groups is 1. The molecule has 1 fully saturated rings. The van der Waals surface area contributed by atoms with E-state index in [-0.39, 0.29) is 5.91 Å². The smallest absolute Gasteiger partial charge is 0.270 e. The summed E-state index contributed by atoms with van der Waals surface area (Å²) in [6, 6.07) is 25.5. The van der Waals surface area contributed by atoms with Crippen LogP contribution in [-0.4, -0.2) is 10.2 Å². The lowest BCUT2D eigenvalue weighted by molar-refractivity contribution is -0.113. The van der Waals surface area contributed by atoms with Gasteiger partial charge in [-0.15, -0.1) is 0 Å². The van der Waals surface area contributed by atoms with E-state index in [1.165, 1.54) is 11.8 Å². The molecule has 0 aromatic heterocycles. The number of hydrogen-bond acceptors (Lipinski definition) is 4. The monoisotopic (exact) mass is 417 g/mol. The Morgan fingerprint density at radius 1 is 1.00 bits per heavy atom. The molecule has 0 saturated carbocycles. The maximum Gasteiger partial charge on any atom is 0.270 e. The highest BCUT2D eigenvalue weighted by Gasteiger charge is 2.33. The first-order valence-electron chi connectivity index (χ1n) is 9.21. The van der Waals surface area contributed by atoms with Gasteiger partial charge in [-0.05, 0) is 54.0 Å². The summed E-state index contributed by atoms with van der Waals surface area (Å²) in [7, 11) is 0. The van der Waals surface area contributed by atoms with Gasteiger partial charge in [-0.3, -0.25) is 9.69 Å². The van der Waals surface area contributed by atoms with Gasteiger partial charge in [0.25, 0.3) is 5.91 Å². The van der Waals surface area contributed by atoms with E-state index in [1.807, 2.05) is 91.9 Å². The van der Waals surface area contributed by atoms with Gasteiger partial charge in [0, 0.05) is 0 Å². The Hall–Kier alpha value is -2.89. The third kappa shape index (κ3) is 4.58. The molecule has 0 aliphatic carbocycles. The Labute approximate surface area is 180 Å². The van der Waals surface area contributed by atoms with Gasteiger partial charge in [-0.25, -0.2) is 0 Å². The third-order valence-corrected chi connectivity index (χ3v) is 5.76. The van der Waals surface area contributed by atoms with E-state index in [0.717, 1.165) is 28.1 Å². The summed E-state index contributed by atoms with van der Waals surface area (Å²) in [6.45, 7) is 2.50. The van der Waals surface area contributed by atoms with Crippen molar-refractivity contribution >= 4 is 46.0 Å². The number of hydrogen-bond donors (Lipinski definition) is 0. The lowest BCUT2D eigenvalue weighted by Gasteiger charge is -2.14. The van der Waals surface area contributed by atoms with E-state index in [9.17, 15) is 4.79 Å². The molecule has 144 valence electrons. The average Bonchev–Trinajstić information content (AvgIpc) is 3.00. The Balaban J connectivity index is 1.52. The fourth-order valence-electron chi connectivity index (χ4n) is 3.04. The van der Waals surface area contributed by atoms with Gasteiger partial charge in [-0.1, -0.05) is 78.6 Å². The molecule has 1 aliphatic heterocycles. The van der Waals surface area contributed by atoms with Gasteiger partial charge in [0.05, 0.1) is 10.6 Å². The fourth-order valence-corrected chi connectivity index (χ4v) is 4.34. The highest BCUT2D eigenvalue weighted by Crippen LogP contribution is 2.36. The first kappa shape index (κ1) is 19.4. The van der Waals surface area contributed by atoms with Crippen molar-refractivity contribution < 1.29 is 9.53 Å². The number of rotatable bonds is 5. The van der Waals surface area contributed by atoms with E-state index in [2.05, 4.69) is 0 Å². The standard InChI is InChI=1S/C24H19NO2S2/c1-17-7-5-11-20(13-17)25-23(26)22(29-24(25)28)15-19-10-6-12-21(14-19)27-16-18-8-3-2-4-9-18/h2-15H,16H2,1H3/b22-15-. The topological polar surface area (TPSA) is 29.5 Å². The van der Waals surface area contributed by atoms with E-state index in [4.69, 9.17) is 17.0 Å². The molecule has 1 aliphatic rings. The number of aryl methyl sites for hydroxylation is 1. The molecule has 0 radical (unpaired) electrons. The summed E-state index contributed by atoms with van der Waals surface area (Å²) < 4.78 is 6.44. The van der Waals surface area contributed by atoms with E-state index in [1.54, 1.807) is 4.90 Å². The molecule has 0 atom stereocenters. The number of anilines is 1. The molecule has 1 saturated heterocycles. The van der Waals surface area contributed by atoms with Gasteiger partial charge in [0.2, 0.25) is 0 Å². The Morgan fingerprint density at radius 3 is 2.59 bits per heavy atom. The molecule has 29 heavy (non-hydrogen) atoms. The lowest BCUT2D eigenvalue weighted by Crippen LogP contribution is -2.27. The highest BCUT2D eigenvalue weighted by atomic mass is 32.2. The van der Waals surface area contributed by atoms with Crippen LogP contribution in [-0.2, 0) is 11.4 Å². The number of amides is 1. The molecular weight excluding hydrogens is 398 g/mol. The van der Waals surface area contributed by atoms with Gasteiger partial charge in [-0.2, -0.15) is 0 Å². The average molecular weight is 418 g/mol. The van der Waals surface area contributed by atoms with Crippen LogP contribution in [0, 0.1) is 6.92 Å². The van der Waals surface area contributed by atoms with Crippen LogP contribution in [0.2, 0.25) is 0 Å². The minimum Gasteiger partial charge on any atom is -0.489 e. The maximum absolute atomic E-state index is 12.9. The number of benzene rings is 3. The van der Waals surface area contributed by atoms with Crippen molar-refractivity contribution in [3.63, 3.8) is 0 Å². The summed E-state index contributed by atoms with van der Waals surface area (Å²) in [6.07, 6.45) is 1.87. The van der Waals surface area contributed by atoms with Crippen molar-refractivity contribution in [2.75, 3.05) is 4.90 Å². The normalized spacial score (nSPS) is 15.2. The van der Waals surface area contributed by atoms with Gasteiger partial charge >= 0.3 is 0 Å². The fraction of sp³-hybridized carbons (Fsp3) is 0.0833. The first-order chi connectivity index (χ1) is 14.1. The summed E-state index contributed by atoms with van der Waals surface area (Å²) in [5.74, 6) is 0.665. The van der Waals surface area contributed by atoms with E-state index < -0.39 is 0 Å². The SMILES string of the molecule is Cc1cccc(N2C(=O)/C(=C/c3cccc(OCc4ccccc4)c3)SC2=S)c1. The molecule has 0 N–H and O–H groups in total. The van der Waals surface area contributed by atoms with Crippen molar-refractivity contribution in [1.82, 2.24) is 0 Å². The molecule has 3 aromatic carbocycles. The van der Waals surface area contributed by atoms with Crippen LogP contribution in [0.4, 0.5) is 5.69 Å². The zero-order chi connectivity index (χ0) is 20.2. The molecule has 3 nitrogen and oxygen atoms in total. The van der Waals surface area contributed by atoms with Crippen LogP contribution >= 0.6 is 24.0 Å². The molecule has 3 aromatic rings. The third-order valence-electron chi connectivity index (χ3n) is 4.46. The van der Waals surface area contributed by atoms with Gasteiger partial charge in [0.15, 0.2) is 4.32 Å². The minimum absolute atomic E-state index is 0.0961. The number of thiocarbonyl (C=S) groups is 1. The Morgan fingerprint density at radius 2 is 1.79 bits per heavy atom. The zero-order valence-electron chi connectivity index (χ0n) is 15.9. The predicted octanol–water partition coefficient (Wildman–Crippen LogP) is 5.98. The lowest BCUT2D eigenvalue weighted by atomic mass is 10.2. The summed E-state index contributed by atoms with van der Waals surface area (Å²) in [4.78, 5) is 15.1. The number of carbonyl (C=O) groups is 1. The Bertz CT molecular complexity index is 1090. The second-order valence-electron chi connectivity index (χ2n) is 6.70. The molecule has 0 unspecified atom stereocenters. The molecule has 1 heterocycles. The number of nitrogens with zero attached hydrogens (tertiary/aromatic N) is 1.